The van der Waals surface area contributed by atoms with Crippen LogP contribution in [-0.4, -0.2) is 62.3 Å². The van der Waals surface area contributed by atoms with Crippen molar-refractivity contribution in [2.75, 3.05) is 36.5 Å². The number of hydrogen-bond donors (Lipinski definition) is 1. The van der Waals surface area contributed by atoms with Crippen molar-refractivity contribution in [1.82, 2.24) is 29.9 Å². The second kappa shape index (κ2) is 9.42. The van der Waals surface area contributed by atoms with Crippen LogP contribution in [0.1, 0.15) is 24.1 Å². The summed E-state index contributed by atoms with van der Waals surface area (Å²) >= 11 is 0. The highest BCUT2D eigenvalue weighted by molar-refractivity contribution is 5.68. The predicted octanol–water partition coefficient (Wildman–Crippen LogP) is 3.56. The molecule has 4 aromatic rings. The van der Waals surface area contributed by atoms with Crippen LogP contribution >= 0.6 is 0 Å². The largest absolute Gasteiger partial charge is 0.379 e. The highest BCUT2D eigenvalue weighted by atomic mass is 16.5. The number of aryl methyl sites for hydroxylation is 1. The molecule has 5 heterocycles. The van der Waals surface area contributed by atoms with Crippen LogP contribution < -0.4 is 10.2 Å². The minimum absolute atomic E-state index is 0.205. The molecule has 0 radical (unpaired) electrons. The summed E-state index contributed by atoms with van der Waals surface area (Å²) in [6, 6.07) is 16.6. The second-order valence-corrected chi connectivity index (χ2v) is 9.17. The van der Waals surface area contributed by atoms with Crippen LogP contribution in [0.5, 0.6) is 0 Å². The maximum absolute atomic E-state index is 5.52. The van der Waals surface area contributed by atoms with Gasteiger partial charge in [0.15, 0.2) is 0 Å². The molecule has 0 amide bonds. The van der Waals surface area contributed by atoms with Gasteiger partial charge in [0.2, 0.25) is 5.95 Å². The summed E-state index contributed by atoms with van der Waals surface area (Å²) in [5, 5.41) is 12.2. The molecule has 0 spiro atoms. The Labute approximate surface area is 204 Å². The average molecular weight is 469 g/mol. The van der Waals surface area contributed by atoms with Crippen molar-refractivity contribution in [2.24, 2.45) is 0 Å². The highest BCUT2D eigenvalue weighted by Crippen LogP contribution is 2.26. The number of rotatable bonds is 7. The van der Waals surface area contributed by atoms with Gasteiger partial charge in [0, 0.05) is 25.3 Å². The van der Waals surface area contributed by atoms with Crippen molar-refractivity contribution in [3.05, 3.63) is 66.0 Å². The number of ether oxygens (including phenoxy) is 1. The van der Waals surface area contributed by atoms with Crippen molar-refractivity contribution in [3.63, 3.8) is 0 Å². The van der Waals surface area contributed by atoms with Crippen molar-refractivity contribution < 1.29 is 4.74 Å². The fraction of sp³-hybridized carbons (Fsp3) is 0.346. The third-order valence-corrected chi connectivity index (χ3v) is 6.40. The molecule has 1 N–H and O–H groups in total. The Morgan fingerprint density at radius 3 is 2.69 bits per heavy atom. The van der Waals surface area contributed by atoms with Gasteiger partial charge in [-0.05, 0) is 44.0 Å². The van der Waals surface area contributed by atoms with E-state index in [9.17, 15) is 0 Å². The molecule has 3 aromatic heterocycles. The van der Waals surface area contributed by atoms with Crippen molar-refractivity contribution in [1.29, 1.82) is 0 Å². The Balaban J connectivity index is 1.29. The van der Waals surface area contributed by atoms with E-state index in [0.29, 0.717) is 24.8 Å². The first-order valence-corrected chi connectivity index (χ1v) is 12.1. The number of hydrogen-bond acceptors (Lipinski definition) is 8. The molecule has 1 aromatic carbocycles. The summed E-state index contributed by atoms with van der Waals surface area (Å²) in [5.41, 5.74) is 5.45. The summed E-state index contributed by atoms with van der Waals surface area (Å²) in [6.45, 7) is 6.19. The fourth-order valence-electron chi connectivity index (χ4n) is 4.36. The zero-order chi connectivity index (χ0) is 23.6. The van der Waals surface area contributed by atoms with Gasteiger partial charge in [0.05, 0.1) is 42.5 Å². The van der Waals surface area contributed by atoms with E-state index in [1.54, 1.807) is 0 Å². The minimum atomic E-state index is 0.205. The van der Waals surface area contributed by atoms with E-state index in [-0.39, 0.29) is 6.04 Å². The number of aromatic nitrogens is 6. The molecule has 178 valence electrons. The van der Waals surface area contributed by atoms with Crippen LogP contribution in [0.3, 0.4) is 0 Å². The molecule has 1 atom stereocenters. The summed E-state index contributed by atoms with van der Waals surface area (Å²) < 4.78 is 7.33. The molecule has 2 aliphatic rings. The van der Waals surface area contributed by atoms with E-state index in [2.05, 4.69) is 57.8 Å². The SMILES string of the molecule is Cc1cccc(-c2cc(-c3cn(Cc4cccc(N5CCC5)n4)nn3)nc(N[C@@H]3CCOC3)n2)c1. The van der Waals surface area contributed by atoms with Gasteiger partial charge in [0.1, 0.15) is 11.5 Å². The summed E-state index contributed by atoms with van der Waals surface area (Å²) in [7, 11) is 0. The maximum Gasteiger partial charge on any atom is 0.224 e. The number of nitrogens with one attached hydrogen (secondary N) is 1. The first-order chi connectivity index (χ1) is 17.2. The van der Waals surface area contributed by atoms with Gasteiger partial charge in [-0.1, -0.05) is 35.0 Å². The quantitative estimate of drug-likeness (QED) is 0.440. The lowest BCUT2D eigenvalue weighted by molar-refractivity contribution is 0.195. The van der Waals surface area contributed by atoms with Gasteiger partial charge in [-0.25, -0.2) is 19.6 Å². The molecule has 0 aliphatic carbocycles. The topological polar surface area (TPSA) is 93.9 Å². The average Bonchev–Trinajstić information content (AvgIpc) is 3.50. The first kappa shape index (κ1) is 21.7. The van der Waals surface area contributed by atoms with Crippen molar-refractivity contribution in [3.8, 4) is 22.6 Å². The Hall–Kier alpha value is -3.85. The Morgan fingerprint density at radius 1 is 1.00 bits per heavy atom. The Bertz CT molecular complexity index is 1330. The lowest BCUT2D eigenvalue weighted by atomic mass is 10.1. The predicted molar refractivity (Wildman–Crippen MR) is 134 cm³/mol. The van der Waals surface area contributed by atoms with Crippen LogP contribution in [0.15, 0.2) is 54.7 Å². The lowest BCUT2D eigenvalue weighted by Gasteiger charge is -2.32. The monoisotopic (exact) mass is 468 g/mol. The van der Waals surface area contributed by atoms with Crippen LogP contribution in [0.25, 0.3) is 22.6 Å². The van der Waals surface area contributed by atoms with Crippen molar-refractivity contribution in [2.45, 2.75) is 32.4 Å². The Morgan fingerprint density at radius 2 is 1.89 bits per heavy atom. The van der Waals surface area contributed by atoms with Gasteiger partial charge in [-0.3, -0.25) is 0 Å². The van der Waals surface area contributed by atoms with E-state index >= 15 is 0 Å². The fourth-order valence-corrected chi connectivity index (χ4v) is 4.36. The number of benzene rings is 1. The van der Waals surface area contributed by atoms with Gasteiger partial charge < -0.3 is 15.0 Å². The third-order valence-electron chi connectivity index (χ3n) is 6.40. The van der Waals surface area contributed by atoms with Gasteiger partial charge in [-0.2, -0.15) is 0 Å². The number of nitrogens with zero attached hydrogens (tertiary/aromatic N) is 7. The summed E-state index contributed by atoms with van der Waals surface area (Å²) in [4.78, 5) is 16.7. The molecule has 9 nitrogen and oxygen atoms in total. The first-order valence-electron chi connectivity index (χ1n) is 12.1. The molecule has 0 unspecified atom stereocenters. The number of anilines is 2. The zero-order valence-corrected chi connectivity index (χ0v) is 19.8. The van der Waals surface area contributed by atoms with Crippen molar-refractivity contribution >= 4 is 11.8 Å². The van der Waals surface area contributed by atoms with Crippen LogP contribution in [0, 0.1) is 6.92 Å². The van der Waals surface area contributed by atoms with Crippen LogP contribution in [-0.2, 0) is 11.3 Å². The molecule has 6 rings (SSSR count). The number of pyridine rings is 1. The van der Waals surface area contributed by atoms with E-state index in [1.807, 2.05) is 29.1 Å². The maximum atomic E-state index is 5.52. The van der Waals surface area contributed by atoms with E-state index < -0.39 is 0 Å². The molecule has 9 heteroatoms. The summed E-state index contributed by atoms with van der Waals surface area (Å²) in [5.74, 6) is 1.60. The standard InChI is InChI=1S/C26H28N8O/c1-18-5-2-6-19(13-18)22-14-23(30-26(29-22)28-21-9-12-35-17-21)24-16-34(32-31-24)15-20-7-3-8-25(27-20)33-10-4-11-33/h2-3,5-8,13-14,16,21H,4,9-12,15,17H2,1H3,(H,28,29,30)/t21-/m1/s1. The van der Waals surface area contributed by atoms with Gasteiger partial charge in [-0.15, -0.1) is 5.10 Å². The summed E-state index contributed by atoms with van der Waals surface area (Å²) in [6.07, 6.45) is 4.09. The molecule has 0 bridgehead atoms. The van der Waals surface area contributed by atoms with Crippen LogP contribution in [0.4, 0.5) is 11.8 Å². The molecule has 35 heavy (non-hydrogen) atoms. The van der Waals surface area contributed by atoms with Gasteiger partial charge >= 0.3 is 0 Å². The third kappa shape index (κ3) is 4.85. The lowest BCUT2D eigenvalue weighted by Crippen LogP contribution is -2.37. The van der Waals surface area contributed by atoms with Crippen LogP contribution in [0.2, 0.25) is 0 Å². The van der Waals surface area contributed by atoms with Gasteiger partial charge in [0.25, 0.3) is 0 Å². The zero-order valence-electron chi connectivity index (χ0n) is 19.8. The molecule has 2 aliphatic heterocycles. The molecule has 2 saturated heterocycles. The Kier molecular flexibility index (Phi) is 5.83. The van der Waals surface area contributed by atoms with E-state index in [0.717, 1.165) is 54.6 Å². The molecular weight excluding hydrogens is 440 g/mol. The normalized spacial score (nSPS) is 17.4. The molecular formula is C26H28N8O. The van der Waals surface area contributed by atoms with E-state index in [4.69, 9.17) is 19.7 Å². The molecule has 2 fully saturated rings. The highest BCUT2D eigenvalue weighted by Gasteiger charge is 2.19. The van der Waals surface area contributed by atoms with E-state index in [1.165, 1.54) is 12.0 Å². The smallest absolute Gasteiger partial charge is 0.224 e. The molecule has 0 saturated carbocycles. The minimum Gasteiger partial charge on any atom is -0.379 e. The second-order valence-electron chi connectivity index (χ2n) is 9.17.